The van der Waals surface area contributed by atoms with Crippen molar-refractivity contribution < 1.29 is 9.53 Å². The van der Waals surface area contributed by atoms with Gasteiger partial charge in [0.1, 0.15) is 0 Å². The van der Waals surface area contributed by atoms with Crippen LogP contribution in [-0.4, -0.2) is 12.6 Å². The number of carbonyl (C=O) groups excluding carboxylic acids is 1. The Kier molecular flexibility index (Phi) is 5.80. The molecular formula is C13H17IO2. The van der Waals surface area contributed by atoms with Gasteiger partial charge in [-0.15, -0.1) is 0 Å². The lowest BCUT2D eigenvalue weighted by molar-refractivity contribution is -0.143. The molecule has 1 unspecified atom stereocenters. The van der Waals surface area contributed by atoms with E-state index in [9.17, 15) is 4.79 Å². The van der Waals surface area contributed by atoms with Gasteiger partial charge >= 0.3 is 5.97 Å². The normalized spacial score (nSPS) is 12.2. The van der Waals surface area contributed by atoms with Crippen molar-refractivity contribution in [2.24, 2.45) is 0 Å². The van der Waals surface area contributed by atoms with Gasteiger partial charge in [-0.25, -0.2) is 0 Å². The first-order chi connectivity index (χ1) is 7.65. The predicted octanol–water partition coefficient (Wildman–Crippen LogP) is 3.74. The van der Waals surface area contributed by atoms with Gasteiger partial charge in [0.2, 0.25) is 0 Å². The Labute approximate surface area is 111 Å². The third-order valence-electron chi connectivity index (χ3n) is 2.52. The second-order valence-corrected chi connectivity index (χ2v) is 4.93. The van der Waals surface area contributed by atoms with Crippen LogP contribution in [0.4, 0.5) is 0 Å². The molecule has 0 saturated carbocycles. The molecule has 1 rings (SSSR count). The Morgan fingerprint density at radius 1 is 1.44 bits per heavy atom. The number of esters is 1. The first-order valence-electron chi connectivity index (χ1n) is 5.55. The molecule has 0 fully saturated rings. The highest BCUT2D eigenvalue weighted by Crippen LogP contribution is 2.25. The van der Waals surface area contributed by atoms with Crippen molar-refractivity contribution in [1.29, 1.82) is 0 Å². The lowest BCUT2D eigenvalue weighted by Gasteiger charge is -2.13. The van der Waals surface area contributed by atoms with Crippen LogP contribution in [0.1, 0.15) is 38.2 Å². The molecule has 0 aliphatic carbocycles. The minimum Gasteiger partial charge on any atom is -0.466 e. The van der Waals surface area contributed by atoms with E-state index < -0.39 is 0 Å². The minimum absolute atomic E-state index is 0.0970. The lowest BCUT2D eigenvalue weighted by atomic mass is 9.96. The van der Waals surface area contributed by atoms with E-state index in [0.717, 1.165) is 6.42 Å². The monoisotopic (exact) mass is 332 g/mol. The van der Waals surface area contributed by atoms with E-state index in [-0.39, 0.29) is 5.97 Å². The molecule has 1 aromatic carbocycles. The van der Waals surface area contributed by atoms with Gasteiger partial charge in [0, 0.05) is 9.99 Å². The first kappa shape index (κ1) is 13.5. The average Bonchev–Trinajstić information content (AvgIpc) is 2.27. The average molecular weight is 332 g/mol. The maximum Gasteiger partial charge on any atom is 0.305 e. The van der Waals surface area contributed by atoms with Gasteiger partial charge < -0.3 is 4.74 Å². The van der Waals surface area contributed by atoms with Crippen LogP contribution >= 0.6 is 22.6 Å². The molecule has 0 aliphatic rings. The smallest absolute Gasteiger partial charge is 0.305 e. The number of ether oxygens (including phenoxy) is 1. The Morgan fingerprint density at radius 2 is 2.12 bits per heavy atom. The van der Waals surface area contributed by atoms with Gasteiger partial charge in [0.05, 0.1) is 6.61 Å². The summed E-state index contributed by atoms with van der Waals surface area (Å²) in [7, 11) is 0. The van der Waals surface area contributed by atoms with E-state index in [1.54, 1.807) is 0 Å². The zero-order valence-electron chi connectivity index (χ0n) is 9.70. The molecule has 0 bridgehead atoms. The molecule has 0 spiro atoms. The van der Waals surface area contributed by atoms with Gasteiger partial charge in [-0.3, -0.25) is 4.79 Å². The summed E-state index contributed by atoms with van der Waals surface area (Å²) in [6, 6.07) is 8.29. The summed E-state index contributed by atoms with van der Waals surface area (Å²) < 4.78 is 6.18. The molecule has 0 aromatic heterocycles. The topological polar surface area (TPSA) is 26.3 Å². The third-order valence-corrected chi connectivity index (χ3v) is 3.51. The van der Waals surface area contributed by atoms with Crippen molar-refractivity contribution in [3.05, 3.63) is 33.4 Å². The molecule has 0 radical (unpaired) electrons. The zero-order chi connectivity index (χ0) is 12.0. The van der Waals surface area contributed by atoms with Crippen LogP contribution in [0.5, 0.6) is 0 Å². The van der Waals surface area contributed by atoms with Crippen molar-refractivity contribution in [3.63, 3.8) is 0 Å². The fourth-order valence-electron chi connectivity index (χ4n) is 1.60. The van der Waals surface area contributed by atoms with Crippen LogP contribution in [0, 0.1) is 3.57 Å². The van der Waals surface area contributed by atoms with E-state index >= 15 is 0 Å². The molecule has 88 valence electrons. The number of rotatable bonds is 5. The van der Waals surface area contributed by atoms with Gasteiger partial charge in [-0.05, 0) is 53.5 Å². The highest BCUT2D eigenvalue weighted by molar-refractivity contribution is 14.1. The summed E-state index contributed by atoms with van der Waals surface area (Å²) in [6.07, 6.45) is 1.35. The standard InChI is InChI=1S/C13H17IO2/c1-3-16-13(15)9-8-10(2)11-6-4-5-7-12(11)14/h4-7,10H,3,8-9H2,1-2H3. The maximum atomic E-state index is 11.2. The highest BCUT2D eigenvalue weighted by atomic mass is 127. The van der Waals surface area contributed by atoms with Crippen molar-refractivity contribution >= 4 is 28.6 Å². The fraction of sp³-hybridized carbons (Fsp3) is 0.462. The van der Waals surface area contributed by atoms with E-state index in [1.807, 2.05) is 19.1 Å². The van der Waals surface area contributed by atoms with Crippen molar-refractivity contribution in [2.45, 2.75) is 32.6 Å². The van der Waals surface area contributed by atoms with Crippen LogP contribution in [0.25, 0.3) is 0 Å². The van der Waals surface area contributed by atoms with Crippen LogP contribution in [0.15, 0.2) is 24.3 Å². The molecule has 0 aliphatic heterocycles. The Balaban J connectivity index is 2.50. The van der Waals surface area contributed by atoms with Crippen LogP contribution in [-0.2, 0) is 9.53 Å². The number of halogens is 1. The molecule has 16 heavy (non-hydrogen) atoms. The number of hydrogen-bond donors (Lipinski definition) is 0. The number of carbonyl (C=O) groups is 1. The summed E-state index contributed by atoms with van der Waals surface area (Å²) >= 11 is 2.33. The summed E-state index contributed by atoms with van der Waals surface area (Å²) in [5.41, 5.74) is 1.31. The molecule has 1 aromatic rings. The molecular weight excluding hydrogens is 315 g/mol. The Bertz CT molecular complexity index is 350. The predicted molar refractivity (Wildman–Crippen MR) is 73.4 cm³/mol. The van der Waals surface area contributed by atoms with Crippen molar-refractivity contribution in [2.75, 3.05) is 6.61 Å². The van der Waals surface area contributed by atoms with E-state index in [2.05, 4.69) is 41.6 Å². The molecule has 3 heteroatoms. The quantitative estimate of drug-likeness (QED) is 0.607. The van der Waals surface area contributed by atoms with Crippen molar-refractivity contribution in [3.8, 4) is 0 Å². The van der Waals surface area contributed by atoms with Crippen LogP contribution in [0.2, 0.25) is 0 Å². The SMILES string of the molecule is CCOC(=O)CCC(C)c1ccccc1I. The summed E-state index contributed by atoms with van der Waals surface area (Å²) in [6.45, 7) is 4.45. The zero-order valence-corrected chi connectivity index (χ0v) is 11.9. The van der Waals surface area contributed by atoms with E-state index in [4.69, 9.17) is 4.74 Å². The van der Waals surface area contributed by atoms with Crippen LogP contribution < -0.4 is 0 Å². The molecule has 1 atom stereocenters. The second kappa shape index (κ2) is 6.89. The van der Waals surface area contributed by atoms with E-state index in [0.29, 0.717) is 18.9 Å². The highest BCUT2D eigenvalue weighted by Gasteiger charge is 2.11. The largest absolute Gasteiger partial charge is 0.466 e. The Morgan fingerprint density at radius 3 is 2.75 bits per heavy atom. The van der Waals surface area contributed by atoms with Gasteiger partial charge in [0.15, 0.2) is 0 Å². The summed E-state index contributed by atoms with van der Waals surface area (Å²) in [5.74, 6) is 0.304. The van der Waals surface area contributed by atoms with Gasteiger partial charge in [-0.2, -0.15) is 0 Å². The second-order valence-electron chi connectivity index (χ2n) is 3.77. The van der Waals surface area contributed by atoms with Crippen LogP contribution in [0.3, 0.4) is 0 Å². The fourth-order valence-corrected chi connectivity index (χ4v) is 2.52. The minimum atomic E-state index is -0.0970. The van der Waals surface area contributed by atoms with Gasteiger partial charge in [-0.1, -0.05) is 25.1 Å². The lowest BCUT2D eigenvalue weighted by Crippen LogP contribution is -2.06. The molecule has 0 saturated heterocycles. The molecule has 0 amide bonds. The third kappa shape index (κ3) is 4.12. The van der Waals surface area contributed by atoms with Crippen molar-refractivity contribution in [1.82, 2.24) is 0 Å². The first-order valence-corrected chi connectivity index (χ1v) is 6.63. The van der Waals surface area contributed by atoms with Gasteiger partial charge in [0.25, 0.3) is 0 Å². The summed E-state index contributed by atoms with van der Waals surface area (Å²) in [4.78, 5) is 11.2. The Hall–Kier alpha value is -0.580. The number of benzene rings is 1. The molecule has 2 nitrogen and oxygen atoms in total. The van der Waals surface area contributed by atoms with E-state index in [1.165, 1.54) is 9.13 Å². The molecule has 0 N–H and O–H groups in total. The molecule has 0 heterocycles. The summed E-state index contributed by atoms with van der Waals surface area (Å²) in [5, 5.41) is 0. The number of hydrogen-bond acceptors (Lipinski definition) is 2. The maximum absolute atomic E-state index is 11.2.